The second-order valence-electron chi connectivity index (χ2n) is 10.3. The molecular weight excluding hydrogens is 516 g/mol. The molecule has 4 rings (SSSR count). The van der Waals surface area contributed by atoms with E-state index in [4.69, 9.17) is 19.9 Å². The molecule has 2 aromatic rings. The van der Waals surface area contributed by atoms with Gasteiger partial charge in [-0.3, -0.25) is 19.3 Å². The smallest absolute Gasteiger partial charge is 0.308 e. The summed E-state index contributed by atoms with van der Waals surface area (Å²) in [5.74, 6) is -0.763. The third-order valence-corrected chi connectivity index (χ3v) is 7.81. The van der Waals surface area contributed by atoms with Crippen molar-refractivity contribution in [2.75, 3.05) is 46.6 Å². The number of likely N-dealkylation sites (tertiary alicyclic amines) is 1. The molecule has 0 aliphatic carbocycles. The lowest BCUT2D eigenvalue weighted by atomic mass is 9.84. The van der Waals surface area contributed by atoms with Gasteiger partial charge in [0, 0.05) is 50.4 Å². The molecule has 2 aliphatic rings. The fourth-order valence-electron chi connectivity index (χ4n) is 5.74. The Balaban J connectivity index is 1.65. The van der Waals surface area contributed by atoms with Crippen LogP contribution in [0.5, 0.6) is 17.2 Å². The van der Waals surface area contributed by atoms with Crippen molar-refractivity contribution < 1.29 is 28.9 Å². The van der Waals surface area contributed by atoms with Crippen LogP contribution in [0.3, 0.4) is 0 Å². The molecule has 0 spiro atoms. The molecule has 1 saturated heterocycles. The van der Waals surface area contributed by atoms with E-state index in [0.29, 0.717) is 62.8 Å². The quantitative estimate of drug-likeness (QED) is 0.359. The van der Waals surface area contributed by atoms with Crippen LogP contribution in [0.4, 0.5) is 0 Å². The highest BCUT2D eigenvalue weighted by Crippen LogP contribution is 2.47. The third-order valence-electron chi connectivity index (χ3n) is 7.81. The van der Waals surface area contributed by atoms with Gasteiger partial charge in [-0.25, -0.2) is 0 Å². The summed E-state index contributed by atoms with van der Waals surface area (Å²) in [6.45, 7) is 4.62. The maximum Gasteiger partial charge on any atom is 0.308 e. The van der Waals surface area contributed by atoms with E-state index in [-0.39, 0.29) is 24.8 Å². The van der Waals surface area contributed by atoms with E-state index < -0.39 is 23.8 Å². The summed E-state index contributed by atoms with van der Waals surface area (Å²) >= 11 is 0. The molecule has 3 atom stereocenters. The summed E-state index contributed by atoms with van der Waals surface area (Å²) in [5, 5.41) is 10.5. The highest BCUT2D eigenvalue weighted by atomic mass is 16.7. The fraction of sp³-hybridized carbons (Fsp3) is 0.552. The predicted molar refractivity (Wildman–Crippen MR) is 149 cm³/mol. The molecule has 1 aromatic carbocycles. The molecular formula is C29H40N4O7. The Hall–Kier alpha value is -3.57. The number of aryl methyl sites for hydroxylation is 1. The van der Waals surface area contributed by atoms with Crippen LogP contribution >= 0.6 is 0 Å². The first-order valence-corrected chi connectivity index (χ1v) is 14.0. The zero-order valence-electron chi connectivity index (χ0n) is 23.3. The van der Waals surface area contributed by atoms with E-state index in [1.165, 1.54) is 13.2 Å². The fourth-order valence-corrected chi connectivity index (χ4v) is 5.74. The van der Waals surface area contributed by atoms with Gasteiger partial charge >= 0.3 is 5.97 Å². The minimum Gasteiger partial charge on any atom is -0.493 e. The molecule has 1 aromatic heterocycles. The molecule has 3 heterocycles. The Kier molecular flexibility index (Phi) is 10.1. The van der Waals surface area contributed by atoms with Crippen molar-refractivity contribution in [3.63, 3.8) is 0 Å². The van der Waals surface area contributed by atoms with Crippen molar-refractivity contribution in [1.29, 1.82) is 0 Å². The number of carboxylic acids is 1. The Morgan fingerprint density at radius 2 is 2.00 bits per heavy atom. The van der Waals surface area contributed by atoms with Crippen molar-refractivity contribution in [2.24, 2.45) is 11.7 Å². The van der Waals surface area contributed by atoms with Gasteiger partial charge in [0.25, 0.3) is 0 Å². The first kappa shape index (κ1) is 29.4. The number of rotatable bonds is 14. The normalized spacial score (nSPS) is 20.0. The average Bonchev–Trinajstić information content (AvgIpc) is 3.57. The summed E-state index contributed by atoms with van der Waals surface area (Å²) in [5.41, 5.74) is 6.32. The lowest BCUT2D eigenvalue weighted by Gasteiger charge is -2.30. The summed E-state index contributed by atoms with van der Waals surface area (Å²) in [4.78, 5) is 42.5. The number of methoxy groups -OCH3 is 1. The number of ether oxygens (including phenoxy) is 3. The summed E-state index contributed by atoms with van der Waals surface area (Å²) in [6.07, 6.45) is 4.63. The van der Waals surface area contributed by atoms with Gasteiger partial charge in [-0.05, 0) is 49.6 Å². The Morgan fingerprint density at radius 1 is 1.20 bits per heavy atom. The number of pyridine rings is 1. The third kappa shape index (κ3) is 6.59. The lowest BCUT2D eigenvalue weighted by Crippen LogP contribution is -2.45. The number of hydrogen-bond donors (Lipinski definition) is 2. The second kappa shape index (κ2) is 13.7. The van der Waals surface area contributed by atoms with Crippen LogP contribution in [0.15, 0.2) is 41.3 Å². The molecule has 1 fully saturated rings. The van der Waals surface area contributed by atoms with Crippen LogP contribution in [0.2, 0.25) is 0 Å². The van der Waals surface area contributed by atoms with Gasteiger partial charge in [-0.15, -0.1) is 0 Å². The summed E-state index contributed by atoms with van der Waals surface area (Å²) in [6, 6.07) is 8.07. The largest absolute Gasteiger partial charge is 0.493 e. The van der Waals surface area contributed by atoms with Gasteiger partial charge in [0.15, 0.2) is 11.5 Å². The highest BCUT2D eigenvalue weighted by Gasteiger charge is 2.47. The number of aromatic nitrogens is 1. The van der Waals surface area contributed by atoms with E-state index in [1.807, 2.05) is 15.9 Å². The SMILES string of the molecule is CCCCN(CCCN)C(=O)CN1C[C@H](c2cc(OC)c3c(c2)OCO3)[C@@H](C(=O)O)[C@@H]1CCn1ccccc1=O. The van der Waals surface area contributed by atoms with Crippen LogP contribution in [-0.2, 0) is 16.1 Å². The molecule has 1 amide bonds. The number of aliphatic carboxylic acids is 1. The Bertz CT molecular complexity index is 1230. The van der Waals surface area contributed by atoms with Crippen LogP contribution in [0.1, 0.15) is 44.1 Å². The number of unbranched alkanes of at least 4 members (excludes halogenated alkanes) is 1. The number of amides is 1. The number of carbonyl (C=O) groups excluding carboxylic acids is 1. The second-order valence-corrected chi connectivity index (χ2v) is 10.3. The van der Waals surface area contributed by atoms with Gasteiger partial charge in [-0.1, -0.05) is 19.4 Å². The number of fused-ring (bicyclic) bond motifs is 1. The van der Waals surface area contributed by atoms with Crippen molar-refractivity contribution in [3.05, 3.63) is 52.4 Å². The first-order valence-electron chi connectivity index (χ1n) is 14.0. The molecule has 218 valence electrons. The van der Waals surface area contributed by atoms with E-state index in [2.05, 4.69) is 6.92 Å². The van der Waals surface area contributed by atoms with Crippen molar-refractivity contribution in [3.8, 4) is 17.2 Å². The molecule has 0 radical (unpaired) electrons. The molecule has 0 unspecified atom stereocenters. The van der Waals surface area contributed by atoms with Gasteiger partial charge in [0.05, 0.1) is 19.6 Å². The van der Waals surface area contributed by atoms with Crippen molar-refractivity contribution in [1.82, 2.24) is 14.4 Å². The molecule has 11 heteroatoms. The van der Waals surface area contributed by atoms with E-state index >= 15 is 0 Å². The van der Waals surface area contributed by atoms with Gasteiger partial charge in [-0.2, -0.15) is 0 Å². The monoisotopic (exact) mass is 556 g/mol. The maximum atomic E-state index is 13.5. The molecule has 2 aliphatic heterocycles. The minimum atomic E-state index is -0.951. The van der Waals surface area contributed by atoms with Crippen molar-refractivity contribution in [2.45, 2.75) is 51.1 Å². The van der Waals surface area contributed by atoms with E-state index in [0.717, 1.165) is 18.4 Å². The topological polar surface area (TPSA) is 137 Å². The zero-order valence-corrected chi connectivity index (χ0v) is 23.3. The zero-order chi connectivity index (χ0) is 28.6. The van der Waals surface area contributed by atoms with Gasteiger partial charge in [0.1, 0.15) is 0 Å². The number of hydrogen-bond acceptors (Lipinski definition) is 8. The van der Waals surface area contributed by atoms with Crippen LogP contribution < -0.4 is 25.5 Å². The van der Waals surface area contributed by atoms with Crippen molar-refractivity contribution >= 4 is 11.9 Å². The number of nitrogens with two attached hydrogens (primary N) is 1. The molecule has 40 heavy (non-hydrogen) atoms. The average molecular weight is 557 g/mol. The summed E-state index contributed by atoms with van der Waals surface area (Å²) < 4.78 is 18.2. The van der Waals surface area contributed by atoms with Gasteiger partial charge in [0.2, 0.25) is 24.0 Å². The van der Waals surface area contributed by atoms with Crippen LogP contribution in [0.25, 0.3) is 0 Å². The molecule has 11 nitrogen and oxygen atoms in total. The number of carboxylic acid groups (broad SMARTS) is 1. The van der Waals surface area contributed by atoms with E-state index in [9.17, 15) is 19.5 Å². The standard InChI is InChI=1S/C29H40N4O7/c1-3-4-11-31(13-7-10-30)26(35)18-33-17-21(20-15-23(38-2)28-24(16-20)39-19-40-28)27(29(36)37)22(33)9-14-32-12-6-5-8-25(32)34/h5-6,8,12,15-16,21-22,27H,3-4,7,9-11,13-14,17-19,30H2,1-2H3,(H,36,37)/t21-,22+,27-/m1/s1. The molecule has 3 N–H and O–H groups in total. The predicted octanol–water partition coefficient (Wildman–Crippen LogP) is 2.12. The minimum absolute atomic E-state index is 0.0446. The van der Waals surface area contributed by atoms with Crippen LogP contribution in [-0.4, -0.2) is 84.0 Å². The molecule has 0 saturated carbocycles. The number of benzene rings is 1. The lowest BCUT2D eigenvalue weighted by molar-refractivity contribution is -0.144. The van der Waals surface area contributed by atoms with Crippen LogP contribution in [0, 0.1) is 5.92 Å². The molecule has 0 bridgehead atoms. The first-order chi connectivity index (χ1) is 19.4. The summed E-state index contributed by atoms with van der Waals surface area (Å²) in [7, 11) is 1.53. The Labute approximate surface area is 234 Å². The van der Waals surface area contributed by atoms with E-state index in [1.54, 1.807) is 29.0 Å². The number of carbonyl (C=O) groups is 2. The van der Waals surface area contributed by atoms with Gasteiger partial charge < -0.3 is 34.5 Å². The Morgan fingerprint density at radius 3 is 2.70 bits per heavy atom. The maximum absolute atomic E-state index is 13.5. The highest BCUT2D eigenvalue weighted by molar-refractivity contribution is 5.79. The number of nitrogens with zero attached hydrogens (tertiary/aromatic N) is 3.